The van der Waals surface area contributed by atoms with E-state index in [1.54, 1.807) is 0 Å². The molecule has 134 valence electrons. The molecule has 1 aliphatic rings. The van der Waals surface area contributed by atoms with E-state index >= 15 is 0 Å². The number of hydrogen-bond donors (Lipinski definition) is 1. The average molecular weight is 332 g/mol. The molecule has 0 aromatic heterocycles. The summed E-state index contributed by atoms with van der Waals surface area (Å²) in [5.41, 5.74) is 1.24. The summed E-state index contributed by atoms with van der Waals surface area (Å²) in [6.07, 6.45) is 8.43. The monoisotopic (exact) mass is 332 g/mol. The largest absolute Gasteiger partial charge is 0.494 e. The molecule has 1 N–H and O–H groups in total. The van der Waals surface area contributed by atoms with Crippen LogP contribution in [0.25, 0.3) is 0 Å². The summed E-state index contributed by atoms with van der Waals surface area (Å²) in [7, 11) is 1.91. The first-order valence-electron chi connectivity index (χ1n) is 9.33. The molecular weight excluding hydrogens is 300 g/mol. The van der Waals surface area contributed by atoms with Gasteiger partial charge in [-0.25, -0.2) is 4.79 Å². The molecule has 24 heavy (non-hydrogen) atoms. The highest BCUT2D eigenvalue weighted by Gasteiger charge is 2.17. The second kappa shape index (κ2) is 10.2. The van der Waals surface area contributed by atoms with Crippen LogP contribution in [0.3, 0.4) is 0 Å². The molecule has 0 bridgehead atoms. The Morgan fingerprint density at radius 3 is 2.58 bits per heavy atom. The molecule has 2 amide bonds. The van der Waals surface area contributed by atoms with Gasteiger partial charge in [0.15, 0.2) is 0 Å². The molecule has 0 radical (unpaired) electrons. The Morgan fingerprint density at radius 1 is 1.17 bits per heavy atom. The Labute approximate surface area is 146 Å². The highest BCUT2D eigenvalue weighted by molar-refractivity contribution is 5.73. The molecule has 0 atom stereocenters. The van der Waals surface area contributed by atoms with Gasteiger partial charge >= 0.3 is 6.03 Å². The summed E-state index contributed by atoms with van der Waals surface area (Å²) in [5.74, 6) is 1.61. The number of nitrogens with one attached hydrogen (secondary N) is 1. The third-order valence-electron chi connectivity index (χ3n) is 4.74. The zero-order chi connectivity index (χ0) is 17.2. The molecule has 1 saturated carbocycles. The van der Waals surface area contributed by atoms with Gasteiger partial charge in [0.2, 0.25) is 0 Å². The van der Waals surface area contributed by atoms with Gasteiger partial charge in [-0.05, 0) is 50.7 Å². The number of ether oxygens (including phenoxy) is 1. The number of nitrogens with zero attached hydrogens (tertiary/aromatic N) is 1. The SMILES string of the molecule is Cc1ccc(OCCCCNC(=O)N(C)CC2CCCCC2)cc1. The summed E-state index contributed by atoms with van der Waals surface area (Å²) < 4.78 is 5.69. The van der Waals surface area contributed by atoms with Crippen LogP contribution in [0, 0.1) is 12.8 Å². The fraction of sp³-hybridized carbons (Fsp3) is 0.650. The van der Waals surface area contributed by atoms with E-state index in [9.17, 15) is 4.79 Å². The van der Waals surface area contributed by atoms with Crippen molar-refractivity contribution < 1.29 is 9.53 Å². The normalized spacial score (nSPS) is 15.1. The lowest BCUT2D eigenvalue weighted by molar-refractivity contribution is 0.192. The van der Waals surface area contributed by atoms with Gasteiger partial charge in [0.05, 0.1) is 6.61 Å². The maximum Gasteiger partial charge on any atom is 0.317 e. The third kappa shape index (κ3) is 6.81. The number of carbonyl (C=O) groups excluding carboxylic acids is 1. The highest BCUT2D eigenvalue weighted by atomic mass is 16.5. The zero-order valence-corrected chi connectivity index (χ0v) is 15.2. The Hall–Kier alpha value is -1.71. The minimum absolute atomic E-state index is 0.0556. The fourth-order valence-corrected chi connectivity index (χ4v) is 3.22. The van der Waals surface area contributed by atoms with Gasteiger partial charge in [0, 0.05) is 20.1 Å². The van der Waals surface area contributed by atoms with E-state index in [0.29, 0.717) is 19.1 Å². The minimum atomic E-state index is 0.0556. The molecule has 1 fully saturated rings. The second-order valence-corrected chi connectivity index (χ2v) is 6.99. The van der Waals surface area contributed by atoms with Crippen LogP contribution in [-0.2, 0) is 0 Å². The molecule has 0 unspecified atom stereocenters. The molecule has 1 aromatic rings. The molecule has 1 aromatic carbocycles. The number of aryl methyl sites for hydroxylation is 1. The Balaban J connectivity index is 1.51. The van der Waals surface area contributed by atoms with Crippen molar-refractivity contribution in [3.8, 4) is 5.75 Å². The van der Waals surface area contributed by atoms with E-state index in [0.717, 1.165) is 25.1 Å². The summed E-state index contributed by atoms with van der Waals surface area (Å²) in [6.45, 7) is 4.36. The average Bonchev–Trinajstić information content (AvgIpc) is 2.60. The van der Waals surface area contributed by atoms with Gasteiger partial charge < -0.3 is 15.0 Å². The van der Waals surface area contributed by atoms with Crippen LogP contribution in [0.2, 0.25) is 0 Å². The predicted octanol–water partition coefficient (Wildman–Crippen LogP) is 4.38. The van der Waals surface area contributed by atoms with Gasteiger partial charge in [-0.3, -0.25) is 0 Å². The fourth-order valence-electron chi connectivity index (χ4n) is 3.22. The van der Waals surface area contributed by atoms with Crippen molar-refractivity contribution in [3.63, 3.8) is 0 Å². The van der Waals surface area contributed by atoms with Crippen molar-refractivity contribution in [2.75, 3.05) is 26.7 Å². The van der Waals surface area contributed by atoms with Crippen LogP contribution in [0.5, 0.6) is 5.75 Å². The van der Waals surface area contributed by atoms with Crippen LogP contribution in [0.15, 0.2) is 24.3 Å². The number of amides is 2. The number of rotatable bonds is 8. The summed E-state index contributed by atoms with van der Waals surface area (Å²) >= 11 is 0. The van der Waals surface area contributed by atoms with Crippen LogP contribution >= 0.6 is 0 Å². The van der Waals surface area contributed by atoms with Crippen molar-refractivity contribution >= 4 is 6.03 Å². The van der Waals surface area contributed by atoms with Crippen molar-refractivity contribution in [1.29, 1.82) is 0 Å². The first-order chi connectivity index (χ1) is 11.6. The van der Waals surface area contributed by atoms with Gasteiger partial charge in [-0.15, -0.1) is 0 Å². The number of benzene rings is 1. The number of unbranched alkanes of at least 4 members (excludes halogenated alkanes) is 1. The number of hydrogen-bond acceptors (Lipinski definition) is 2. The lowest BCUT2D eigenvalue weighted by Gasteiger charge is -2.27. The van der Waals surface area contributed by atoms with Crippen molar-refractivity contribution in [2.24, 2.45) is 5.92 Å². The van der Waals surface area contributed by atoms with E-state index in [2.05, 4.69) is 24.4 Å². The molecule has 0 aliphatic heterocycles. The van der Waals surface area contributed by atoms with Gasteiger partial charge in [-0.2, -0.15) is 0 Å². The Kier molecular flexibility index (Phi) is 7.93. The Morgan fingerprint density at radius 2 is 1.88 bits per heavy atom. The topological polar surface area (TPSA) is 41.6 Å². The molecule has 0 heterocycles. The lowest BCUT2D eigenvalue weighted by Crippen LogP contribution is -2.40. The molecule has 4 heteroatoms. The first kappa shape index (κ1) is 18.6. The Bertz CT molecular complexity index is 481. The number of urea groups is 1. The minimum Gasteiger partial charge on any atom is -0.494 e. The van der Waals surface area contributed by atoms with Crippen molar-refractivity contribution in [3.05, 3.63) is 29.8 Å². The molecule has 4 nitrogen and oxygen atoms in total. The molecule has 1 aliphatic carbocycles. The molecule has 2 rings (SSSR count). The maximum absolute atomic E-state index is 12.1. The molecule has 0 spiro atoms. The van der Waals surface area contributed by atoms with E-state index in [-0.39, 0.29) is 6.03 Å². The van der Waals surface area contributed by atoms with E-state index < -0.39 is 0 Å². The van der Waals surface area contributed by atoms with Crippen LogP contribution in [-0.4, -0.2) is 37.7 Å². The summed E-state index contributed by atoms with van der Waals surface area (Å²) in [5, 5.41) is 3.01. The smallest absolute Gasteiger partial charge is 0.317 e. The van der Waals surface area contributed by atoms with E-state index in [1.807, 2.05) is 24.1 Å². The highest BCUT2D eigenvalue weighted by Crippen LogP contribution is 2.24. The van der Waals surface area contributed by atoms with E-state index in [4.69, 9.17) is 4.74 Å². The maximum atomic E-state index is 12.1. The zero-order valence-electron chi connectivity index (χ0n) is 15.2. The van der Waals surface area contributed by atoms with Crippen LogP contribution in [0.4, 0.5) is 4.79 Å². The first-order valence-corrected chi connectivity index (χ1v) is 9.33. The standard InChI is InChI=1S/C20H32N2O2/c1-17-10-12-19(13-11-17)24-15-7-6-14-21-20(23)22(2)16-18-8-4-3-5-9-18/h10-13,18H,3-9,14-16H2,1-2H3,(H,21,23). The lowest BCUT2D eigenvalue weighted by atomic mass is 9.89. The molecular formula is C20H32N2O2. The van der Waals surface area contributed by atoms with Gasteiger partial charge in [-0.1, -0.05) is 37.0 Å². The predicted molar refractivity (Wildman–Crippen MR) is 98.5 cm³/mol. The number of carbonyl (C=O) groups is 1. The quantitative estimate of drug-likeness (QED) is 0.718. The van der Waals surface area contributed by atoms with Gasteiger partial charge in [0.25, 0.3) is 0 Å². The van der Waals surface area contributed by atoms with Crippen molar-refractivity contribution in [2.45, 2.75) is 51.9 Å². The second-order valence-electron chi connectivity index (χ2n) is 6.99. The summed E-state index contributed by atoms with van der Waals surface area (Å²) in [4.78, 5) is 13.9. The van der Waals surface area contributed by atoms with E-state index in [1.165, 1.54) is 37.7 Å². The molecule has 0 saturated heterocycles. The van der Waals surface area contributed by atoms with Crippen molar-refractivity contribution in [1.82, 2.24) is 10.2 Å². The summed E-state index contributed by atoms with van der Waals surface area (Å²) in [6, 6.07) is 8.16. The van der Waals surface area contributed by atoms with Crippen LogP contribution in [0.1, 0.15) is 50.5 Å². The third-order valence-corrected chi connectivity index (χ3v) is 4.74. The van der Waals surface area contributed by atoms with Gasteiger partial charge in [0.1, 0.15) is 5.75 Å². The van der Waals surface area contributed by atoms with Crippen LogP contribution < -0.4 is 10.1 Å².